The van der Waals surface area contributed by atoms with Gasteiger partial charge in [0.1, 0.15) is 0 Å². The van der Waals surface area contributed by atoms with Crippen molar-refractivity contribution in [3.8, 4) is 0 Å². The molecule has 0 saturated carbocycles. The first-order chi connectivity index (χ1) is 7.27. The van der Waals surface area contributed by atoms with Crippen molar-refractivity contribution in [2.75, 3.05) is 26.2 Å². The van der Waals surface area contributed by atoms with Crippen LogP contribution in [0.4, 0.5) is 0 Å². The maximum Gasteiger partial charge on any atom is 0.0598 e. The molecule has 0 spiro atoms. The standard InChI is InChI=1S/C12H25N3/c1-10(2)11-9-15(8-7-13-11)12-5-3-4-6-14-12/h10-14H,3-9H2,1-2H3. The van der Waals surface area contributed by atoms with Crippen LogP contribution in [0.3, 0.4) is 0 Å². The number of rotatable bonds is 2. The molecule has 0 aromatic heterocycles. The fourth-order valence-corrected chi connectivity index (χ4v) is 2.68. The van der Waals surface area contributed by atoms with E-state index < -0.39 is 0 Å². The minimum absolute atomic E-state index is 0.655. The van der Waals surface area contributed by atoms with Crippen LogP contribution < -0.4 is 10.6 Å². The van der Waals surface area contributed by atoms with Crippen LogP contribution >= 0.6 is 0 Å². The summed E-state index contributed by atoms with van der Waals surface area (Å²) in [7, 11) is 0. The molecule has 2 aliphatic rings. The second kappa shape index (κ2) is 5.28. The summed E-state index contributed by atoms with van der Waals surface area (Å²) >= 11 is 0. The Hall–Kier alpha value is -0.120. The molecule has 2 unspecified atom stereocenters. The highest BCUT2D eigenvalue weighted by molar-refractivity contribution is 4.85. The molecule has 2 rings (SSSR count). The highest BCUT2D eigenvalue weighted by Crippen LogP contribution is 2.15. The first kappa shape index (κ1) is 11.4. The first-order valence-corrected chi connectivity index (χ1v) is 6.48. The maximum atomic E-state index is 3.65. The van der Waals surface area contributed by atoms with E-state index in [4.69, 9.17) is 0 Å². The van der Waals surface area contributed by atoms with Crippen LogP contribution in [0, 0.1) is 5.92 Å². The number of nitrogens with zero attached hydrogens (tertiary/aromatic N) is 1. The van der Waals surface area contributed by atoms with Crippen LogP contribution in [0.25, 0.3) is 0 Å². The maximum absolute atomic E-state index is 3.65. The zero-order chi connectivity index (χ0) is 10.7. The summed E-state index contributed by atoms with van der Waals surface area (Å²) in [6, 6.07) is 0.683. The SMILES string of the molecule is CC(C)C1CN(C2CCCCN2)CCN1. The van der Waals surface area contributed by atoms with Gasteiger partial charge in [0.2, 0.25) is 0 Å². The fourth-order valence-electron chi connectivity index (χ4n) is 2.68. The van der Waals surface area contributed by atoms with E-state index in [2.05, 4.69) is 29.4 Å². The van der Waals surface area contributed by atoms with E-state index >= 15 is 0 Å². The van der Waals surface area contributed by atoms with Crippen molar-refractivity contribution in [1.82, 2.24) is 15.5 Å². The molecule has 2 aliphatic heterocycles. The molecule has 2 heterocycles. The van der Waals surface area contributed by atoms with E-state index in [1.54, 1.807) is 0 Å². The van der Waals surface area contributed by atoms with Crippen molar-refractivity contribution in [3.63, 3.8) is 0 Å². The lowest BCUT2D eigenvalue weighted by Crippen LogP contribution is -2.59. The summed E-state index contributed by atoms with van der Waals surface area (Å²) in [4.78, 5) is 2.64. The lowest BCUT2D eigenvalue weighted by Gasteiger charge is -2.42. The van der Waals surface area contributed by atoms with Gasteiger partial charge in [-0.15, -0.1) is 0 Å². The molecule has 2 saturated heterocycles. The summed E-state index contributed by atoms with van der Waals surface area (Å²) < 4.78 is 0. The molecule has 0 bridgehead atoms. The number of piperazine rings is 1. The Morgan fingerprint density at radius 1 is 1.13 bits per heavy atom. The third-order valence-corrected chi connectivity index (χ3v) is 3.77. The molecule has 0 aliphatic carbocycles. The van der Waals surface area contributed by atoms with E-state index in [0.717, 1.165) is 12.5 Å². The molecule has 0 radical (unpaired) electrons. The van der Waals surface area contributed by atoms with E-state index in [9.17, 15) is 0 Å². The van der Waals surface area contributed by atoms with E-state index in [1.807, 2.05) is 0 Å². The molecule has 0 amide bonds. The second-order valence-electron chi connectivity index (χ2n) is 5.27. The molecule has 2 atom stereocenters. The molecule has 2 fully saturated rings. The predicted octanol–water partition coefficient (Wildman–Crippen LogP) is 1.02. The Kier molecular flexibility index (Phi) is 4.00. The van der Waals surface area contributed by atoms with Gasteiger partial charge in [0.15, 0.2) is 0 Å². The molecule has 15 heavy (non-hydrogen) atoms. The van der Waals surface area contributed by atoms with Crippen LogP contribution in [0.5, 0.6) is 0 Å². The van der Waals surface area contributed by atoms with Crippen molar-refractivity contribution < 1.29 is 0 Å². The number of hydrogen-bond donors (Lipinski definition) is 2. The topological polar surface area (TPSA) is 27.3 Å². The molecular formula is C12H25N3. The highest BCUT2D eigenvalue weighted by Gasteiger charge is 2.27. The van der Waals surface area contributed by atoms with Crippen LogP contribution in [-0.2, 0) is 0 Å². The Balaban J connectivity index is 1.85. The molecule has 3 nitrogen and oxygen atoms in total. The molecule has 0 aromatic rings. The molecule has 0 aromatic carbocycles. The minimum atomic E-state index is 0.655. The van der Waals surface area contributed by atoms with Gasteiger partial charge >= 0.3 is 0 Å². The van der Waals surface area contributed by atoms with Gasteiger partial charge in [-0.3, -0.25) is 4.90 Å². The van der Waals surface area contributed by atoms with Crippen molar-refractivity contribution >= 4 is 0 Å². The lowest BCUT2D eigenvalue weighted by molar-refractivity contribution is 0.0894. The molecule has 3 heteroatoms. The van der Waals surface area contributed by atoms with Gasteiger partial charge in [0.05, 0.1) is 6.17 Å². The van der Waals surface area contributed by atoms with Gasteiger partial charge in [-0.25, -0.2) is 0 Å². The van der Waals surface area contributed by atoms with Crippen LogP contribution in [0.15, 0.2) is 0 Å². The van der Waals surface area contributed by atoms with E-state index in [0.29, 0.717) is 12.2 Å². The normalized spacial score (nSPS) is 34.6. The number of nitrogens with one attached hydrogen (secondary N) is 2. The summed E-state index contributed by atoms with van der Waals surface area (Å²) in [5.74, 6) is 0.747. The molecule has 88 valence electrons. The second-order valence-corrected chi connectivity index (χ2v) is 5.27. The smallest absolute Gasteiger partial charge is 0.0598 e. The quantitative estimate of drug-likeness (QED) is 0.714. The zero-order valence-electron chi connectivity index (χ0n) is 10.1. The third kappa shape index (κ3) is 2.92. The Labute approximate surface area is 93.6 Å². The highest BCUT2D eigenvalue weighted by atomic mass is 15.3. The fraction of sp³-hybridized carbons (Fsp3) is 1.00. The van der Waals surface area contributed by atoms with E-state index in [-0.39, 0.29) is 0 Å². The monoisotopic (exact) mass is 211 g/mol. The number of hydrogen-bond acceptors (Lipinski definition) is 3. The summed E-state index contributed by atoms with van der Waals surface area (Å²) in [6.45, 7) is 9.42. The lowest BCUT2D eigenvalue weighted by atomic mass is 10.0. The van der Waals surface area contributed by atoms with Crippen LogP contribution in [0.2, 0.25) is 0 Å². The first-order valence-electron chi connectivity index (χ1n) is 6.48. The zero-order valence-corrected chi connectivity index (χ0v) is 10.1. The Bertz CT molecular complexity index is 187. The minimum Gasteiger partial charge on any atom is -0.311 e. The predicted molar refractivity (Wildman–Crippen MR) is 63.8 cm³/mol. The summed E-state index contributed by atoms with van der Waals surface area (Å²) in [6.07, 6.45) is 4.75. The van der Waals surface area contributed by atoms with Crippen LogP contribution in [0.1, 0.15) is 33.1 Å². The third-order valence-electron chi connectivity index (χ3n) is 3.77. The Morgan fingerprint density at radius 3 is 2.67 bits per heavy atom. The molecule has 2 N–H and O–H groups in total. The summed E-state index contributed by atoms with van der Waals surface area (Å²) in [5, 5.41) is 7.26. The van der Waals surface area contributed by atoms with Gasteiger partial charge < -0.3 is 10.6 Å². The van der Waals surface area contributed by atoms with Crippen LogP contribution in [-0.4, -0.2) is 43.3 Å². The molecular weight excluding hydrogens is 186 g/mol. The van der Waals surface area contributed by atoms with Gasteiger partial charge in [-0.05, 0) is 31.7 Å². The Morgan fingerprint density at radius 2 is 2.00 bits per heavy atom. The van der Waals surface area contributed by atoms with Crippen molar-refractivity contribution in [3.05, 3.63) is 0 Å². The van der Waals surface area contributed by atoms with Crippen molar-refractivity contribution in [2.24, 2.45) is 5.92 Å². The average Bonchev–Trinajstić information content (AvgIpc) is 2.30. The van der Waals surface area contributed by atoms with E-state index in [1.165, 1.54) is 38.9 Å². The largest absolute Gasteiger partial charge is 0.311 e. The van der Waals surface area contributed by atoms with Gasteiger partial charge in [-0.2, -0.15) is 0 Å². The summed E-state index contributed by atoms with van der Waals surface area (Å²) in [5.41, 5.74) is 0. The van der Waals surface area contributed by atoms with Gasteiger partial charge in [0, 0.05) is 25.7 Å². The van der Waals surface area contributed by atoms with Crippen molar-refractivity contribution in [1.29, 1.82) is 0 Å². The number of piperidine rings is 1. The van der Waals surface area contributed by atoms with Crippen molar-refractivity contribution in [2.45, 2.75) is 45.3 Å². The van der Waals surface area contributed by atoms with Gasteiger partial charge in [0.25, 0.3) is 0 Å². The average molecular weight is 211 g/mol. The van der Waals surface area contributed by atoms with Gasteiger partial charge in [-0.1, -0.05) is 13.8 Å².